The number of hydrogen-bond acceptors (Lipinski definition) is 3. The van der Waals surface area contributed by atoms with Gasteiger partial charge in [-0.15, -0.1) is 0 Å². The zero-order chi connectivity index (χ0) is 13.9. The summed E-state index contributed by atoms with van der Waals surface area (Å²) in [4.78, 5) is 16.6. The van der Waals surface area contributed by atoms with E-state index >= 15 is 0 Å². The van der Waals surface area contributed by atoms with Crippen molar-refractivity contribution in [3.63, 3.8) is 0 Å². The van der Waals surface area contributed by atoms with E-state index in [0.717, 1.165) is 38.9 Å². The minimum Gasteiger partial charge on any atom is -0.360 e. The summed E-state index contributed by atoms with van der Waals surface area (Å²) in [6, 6.07) is 8.42. The molecule has 2 aliphatic heterocycles. The topological polar surface area (TPSA) is 49.6 Å². The van der Waals surface area contributed by atoms with Crippen LogP contribution in [0.2, 0.25) is 0 Å². The molecule has 1 atom stereocenters. The molecule has 1 fully saturated rings. The molecule has 2 N–H and O–H groups in total. The first-order valence-electron chi connectivity index (χ1n) is 7.60. The van der Waals surface area contributed by atoms with Crippen LogP contribution in [0.4, 0.5) is 5.69 Å². The van der Waals surface area contributed by atoms with Crippen LogP contribution in [0.25, 0.3) is 0 Å². The Bertz CT molecular complexity index is 482. The van der Waals surface area contributed by atoms with Crippen molar-refractivity contribution >= 4 is 11.6 Å². The number of hydrogen-bond donors (Lipinski definition) is 1. The van der Waals surface area contributed by atoms with Gasteiger partial charge in [-0.2, -0.15) is 0 Å². The maximum absolute atomic E-state index is 12.4. The Kier molecular flexibility index (Phi) is 3.92. The van der Waals surface area contributed by atoms with Crippen LogP contribution in [0.15, 0.2) is 24.3 Å². The molecular weight excluding hydrogens is 250 g/mol. The Morgan fingerprint density at radius 2 is 1.95 bits per heavy atom. The summed E-state index contributed by atoms with van der Waals surface area (Å²) in [5.41, 5.74) is 8.57. The molecule has 0 bridgehead atoms. The first-order chi connectivity index (χ1) is 9.74. The zero-order valence-electron chi connectivity index (χ0n) is 11.9. The van der Waals surface area contributed by atoms with Gasteiger partial charge in [0.1, 0.15) is 0 Å². The van der Waals surface area contributed by atoms with Crippen molar-refractivity contribution < 1.29 is 4.79 Å². The second kappa shape index (κ2) is 5.83. The van der Waals surface area contributed by atoms with Gasteiger partial charge in [-0.25, -0.2) is 0 Å². The standard InChI is InChI=1S/C16H23N3O/c17-14-10-13-6-2-3-7-15(13)19(11-14)12-16(20)18-8-4-1-5-9-18/h2-3,6-7,14H,1,4-5,8-12,17H2. The number of rotatable bonds is 2. The van der Waals surface area contributed by atoms with Crippen LogP contribution in [0.1, 0.15) is 24.8 Å². The number of nitrogens with zero attached hydrogens (tertiary/aromatic N) is 2. The van der Waals surface area contributed by atoms with Crippen molar-refractivity contribution in [1.29, 1.82) is 0 Å². The van der Waals surface area contributed by atoms with Crippen molar-refractivity contribution in [3.8, 4) is 0 Å². The minimum atomic E-state index is 0.124. The van der Waals surface area contributed by atoms with E-state index in [4.69, 9.17) is 5.73 Å². The first kappa shape index (κ1) is 13.4. The highest BCUT2D eigenvalue weighted by atomic mass is 16.2. The van der Waals surface area contributed by atoms with Crippen molar-refractivity contribution in [3.05, 3.63) is 29.8 Å². The van der Waals surface area contributed by atoms with Crippen LogP contribution in [0.3, 0.4) is 0 Å². The van der Waals surface area contributed by atoms with Gasteiger partial charge >= 0.3 is 0 Å². The third-order valence-electron chi connectivity index (χ3n) is 4.30. The Morgan fingerprint density at radius 1 is 1.20 bits per heavy atom. The predicted octanol–water partition coefficient (Wildman–Crippen LogP) is 1.39. The van der Waals surface area contributed by atoms with Crippen molar-refractivity contribution in [2.24, 2.45) is 5.73 Å². The number of para-hydroxylation sites is 1. The fourth-order valence-corrected chi connectivity index (χ4v) is 3.28. The monoisotopic (exact) mass is 273 g/mol. The van der Waals surface area contributed by atoms with Crippen molar-refractivity contribution in [1.82, 2.24) is 4.90 Å². The molecular formula is C16H23N3O. The normalized spacial score (nSPS) is 22.6. The van der Waals surface area contributed by atoms with Crippen LogP contribution >= 0.6 is 0 Å². The molecule has 1 unspecified atom stereocenters. The Morgan fingerprint density at radius 3 is 2.75 bits per heavy atom. The molecule has 2 heterocycles. The molecule has 0 spiro atoms. The molecule has 1 amide bonds. The molecule has 0 radical (unpaired) electrons. The van der Waals surface area contributed by atoms with Gasteiger partial charge < -0.3 is 15.5 Å². The number of anilines is 1. The van der Waals surface area contributed by atoms with E-state index < -0.39 is 0 Å². The fourth-order valence-electron chi connectivity index (χ4n) is 3.28. The second-order valence-electron chi connectivity index (χ2n) is 5.91. The lowest BCUT2D eigenvalue weighted by Crippen LogP contribution is -2.49. The van der Waals surface area contributed by atoms with Crippen LogP contribution in [-0.2, 0) is 11.2 Å². The van der Waals surface area contributed by atoms with E-state index in [-0.39, 0.29) is 11.9 Å². The van der Waals surface area contributed by atoms with Crippen LogP contribution in [0.5, 0.6) is 0 Å². The third kappa shape index (κ3) is 2.80. The molecule has 0 aromatic heterocycles. The van der Waals surface area contributed by atoms with E-state index in [1.165, 1.54) is 17.7 Å². The van der Waals surface area contributed by atoms with Gasteiger partial charge in [0.05, 0.1) is 6.54 Å². The summed E-state index contributed by atoms with van der Waals surface area (Å²) >= 11 is 0. The van der Waals surface area contributed by atoms with Crippen molar-refractivity contribution in [2.75, 3.05) is 31.1 Å². The summed E-state index contributed by atoms with van der Waals surface area (Å²) < 4.78 is 0. The maximum Gasteiger partial charge on any atom is 0.242 e. The van der Waals surface area contributed by atoms with Gasteiger partial charge in [-0.05, 0) is 37.3 Å². The van der Waals surface area contributed by atoms with Gasteiger partial charge in [0, 0.05) is 31.4 Å². The Balaban J connectivity index is 1.72. The van der Waals surface area contributed by atoms with E-state index in [2.05, 4.69) is 17.0 Å². The summed E-state index contributed by atoms with van der Waals surface area (Å²) in [5, 5.41) is 0. The molecule has 2 aliphatic rings. The largest absolute Gasteiger partial charge is 0.360 e. The molecule has 3 rings (SSSR count). The SMILES string of the molecule is NC1Cc2ccccc2N(CC(=O)N2CCCCC2)C1. The second-order valence-corrected chi connectivity index (χ2v) is 5.91. The highest BCUT2D eigenvalue weighted by Crippen LogP contribution is 2.26. The third-order valence-corrected chi connectivity index (χ3v) is 4.30. The maximum atomic E-state index is 12.4. The van der Waals surface area contributed by atoms with E-state index in [0.29, 0.717) is 6.54 Å². The van der Waals surface area contributed by atoms with E-state index in [1.54, 1.807) is 0 Å². The van der Waals surface area contributed by atoms with E-state index in [9.17, 15) is 4.79 Å². The number of fused-ring (bicyclic) bond motifs is 1. The first-order valence-corrected chi connectivity index (χ1v) is 7.60. The summed E-state index contributed by atoms with van der Waals surface area (Å²) in [6.07, 6.45) is 4.44. The number of carbonyl (C=O) groups excluding carboxylic acids is 1. The molecule has 1 aromatic carbocycles. The number of likely N-dealkylation sites (tertiary alicyclic amines) is 1. The van der Waals surface area contributed by atoms with Gasteiger partial charge in [0.15, 0.2) is 0 Å². The van der Waals surface area contributed by atoms with Crippen LogP contribution in [0, 0.1) is 0 Å². The highest BCUT2D eigenvalue weighted by Gasteiger charge is 2.25. The van der Waals surface area contributed by atoms with Crippen LogP contribution in [-0.4, -0.2) is 43.0 Å². The molecule has 0 saturated carbocycles. The number of nitrogens with two attached hydrogens (primary N) is 1. The number of carbonyl (C=O) groups is 1. The Hall–Kier alpha value is -1.55. The summed E-state index contributed by atoms with van der Waals surface area (Å²) in [7, 11) is 0. The lowest BCUT2D eigenvalue weighted by Gasteiger charge is -2.36. The number of amides is 1. The highest BCUT2D eigenvalue weighted by molar-refractivity contribution is 5.82. The molecule has 1 saturated heterocycles. The van der Waals surface area contributed by atoms with Crippen molar-refractivity contribution in [2.45, 2.75) is 31.7 Å². The molecule has 0 aliphatic carbocycles. The average Bonchev–Trinajstić information content (AvgIpc) is 2.48. The summed E-state index contributed by atoms with van der Waals surface area (Å²) in [6.45, 7) is 3.07. The minimum absolute atomic E-state index is 0.124. The zero-order valence-corrected chi connectivity index (χ0v) is 11.9. The molecule has 108 valence electrons. The fraction of sp³-hybridized carbons (Fsp3) is 0.562. The van der Waals surface area contributed by atoms with Gasteiger partial charge in [0.25, 0.3) is 0 Å². The molecule has 4 heteroatoms. The number of piperidine rings is 1. The lowest BCUT2D eigenvalue weighted by atomic mass is 9.98. The summed E-state index contributed by atoms with van der Waals surface area (Å²) in [5.74, 6) is 0.244. The quantitative estimate of drug-likeness (QED) is 0.886. The van der Waals surface area contributed by atoms with Gasteiger partial charge in [0.2, 0.25) is 5.91 Å². The predicted molar refractivity (Wildman–Crippen MR) is 80.8 cm³/mol. The van der Waals surface area contributed by atoms with E-state index in [1.807, 2.05) is 17.0 Å². The molecule has 1 aromatic rings. The van der Waals surface area contributed by atoms with Gasteiger partial charge in [-0.3, -0.25) is 4.79 Å². The number of benzene rings is 1. The smallest absolute Gasteiger partial charge is 0.242 e. The molecule has 4 nitrogen and oxygen atoms in total. The van der Waals surface area contributed by atoms with Crippen LogP contribution < -0.4 is 10.6 Å². The lowest BCUT2D eigenvalue weighted by molar-refractivity contribution is -0.130. The Labute approximate surface area is 120 Å². The average molecular weight is 273 g/mol. The van der Waals surface area contributed by atoms with Gasteiger partial charge in [-0.1, -0.05) is 18.2 Å². The molecule has 20 heavy (non-hydrogen) atoms.